The highest BCUT2D eigenvalue weighted by Crippen LogP contribution is 2.30. The van der Waals surface area contributed by atoms with E-state index in [1.54, 1.807) is 12.1 Å². The number of thiophene rings is 1. The van der Waals surface area contributed by atoms with Gasteiger partial charge >= 0.3 is 0 Å². The first-order valence-electron chi connectivity index (χ1n) is 7.53. The van der Waals surface area contributed by atoms with Crippen molar-refractivity contribution in [1.82, 2.24) is 9.21 Å². The molecule has 2 fully saturated rings. The summed E-state index contributed by atoms with van der Waals surface area (Å²) >= 11 is 6.90. The molecule has 0 spiro atoms. The van der Waals surface area contributed by atoms with Crippen molar-refractivity contribution in [2.75, 3.05) is 26.2 Å². The number of amides is 1. The van der Waals surface area contributed by atoms with Gasteiger partial charge in [-0.15, -0.1) is 11.3 Å². The number of hydrogen-bond acceptors (Lipinski definition) is 4. The maximum atomic E-state index is 12.5. The van der Waals surface area contributed by atoms with E-state index in [0.717, 1.165) is 37.0 Å². The van der Waals surface area contributed by atoms with Gasteiger partial charge in [0.05, 0.1) is 4.34 Å². The Hall–Kier alpha value is -0.630. The van der Waals surface area contributed by atoms with E-state index < -0.39 is 10.0 Å². The predicted octanol–water partition coefficient (Wildman–Crippen LogP) is 2.42. The molecule has 0 radical (unpaired) electrons. The lowest BCUT2D eigenvalue weighted by Crippen LogP contribution is -2.51. The van der Waals surface area contributed by atoms with Crippen molar-refractivity contribution >= 4 is 38.9 Å². The van der Waals surface area contributed by atoms with E-state index in [9.17, 15) is 13.2 Å². The lowest BCUT2D eigenvalue weighted by Gasteiger charge is -2.35. The minimum atomic E-state index is -3.48. The summed E-state index contributed by atoms with van der Waals surface area (Å²) in [7, 11) is -3.48. The van der Waals surface area contributed by atoms with Gasteiger partial charge in [0.15, 0.2) is 0 Å². The second kappa shape index (κ2) is 6.47. The van der Waals surface area contributed by atoms with E-state index in [-0.39, 0.29) is 16.0 Å². The number of nitrogens with zero attached hydrogens (tertiary/aromatic N) is 2. The highest BCUT2D eigenvalue weighted by molar-refractivity contribution is 7.91. The Morgan fingerprint density at radius 2 is 1.77 bits per heavy atom. The molecule has 8 heteroatoms. The summed E-state index contributed by atoms with van der Waals surface area (Å²) in [6.07, 6.45) is 4.21. The summed E-state index contributed by atoms with van der Waals surface area (Å²) in [5, 5.41) is 0. The zero-order chi connectivity index (χ0) is 15.7. The number of rotatable bonds is 3. The summed E-state index contributed by atoms with van der Waals surface area (Å²) in [5.74, 6) is 0.355. The fourth-order valence-corrected chi connectivity index (χ4v) is 6.20. The van der Waals surface area contributed by atoms with Gasteiger partial charge in [-0.2, -0.15) is 4.31 Å². The summed E-state index contributed by atoms with van der Waals surface area (Å²) in [4.78, 5) is 14.2. The third-order valence-electron chi connectivity index (χ3n) is 4.40. The first kappa shape index (κ1) is 16.2. The molecule has 1 aromatic heterocycles. The number of sulfonamides is 1. The molecular formula is C14H19ClN2O3S2. The molecule has 5 nitrogen and oxygen atoms in total. The fraction of sp³-hybridized carbons (Fsp3) is 0.643. The molecule has 1 aromatic rings. The van der Waals surface area contributed by atoms with Crippen LogP contribution in [-0.4, -0.2) is 49.7 Å². The Bertz CT molecular complexity index is 645. The smallest absolute Gasteiger partial charge is 0.252 e. The van der Waals surface area contributed by atoms with Crippen LogP contribution in [0.15, 0.2) is 16.3 Å². The largest absolute Gasteiger partial charge is 0.340 e. The van der Waals surface area contributed by atoms with Crippen molar-refractivity contribution in [3.63, 3.8) is 0 Å². The van der Waals surface area contributed by atoms with Gasteiger partial charge in [-0.05, 0) is 25.0 Å². The van der Waals surface area contributed by atoms with Gasteiger partial charge in [-0.1, -0.05) is 24.4 Å². The van der Waals surface area contributed by atoms with E-state index in [2.05, 4.69) is 0 Å². The molecule has 1 saturated carbocycles. The van der Waals surface area contributed by atoms with E-state index in [0.29, 0.717) is 30.5 Å². The van der Waals surface area contributed by atoms with Crippen LogP contribution in [0.4, 0.5) is 0 Å². The monoisotopic (exact) mass is 362 g/mol. The van der Waals surface area contributed by atoms with Gasteiger partial charge in [0.1, 0.15) is 4.21 Å². The summed E-state index contributed by atoms with van der Waals surface area (Å²) < 4.78 is 27.2. The summed E-state index contributed by atoms with van der Waals surface area (Å²) in [6.45, 7) is 1.67. The first-order valence-corrected chi connectivity index (χ1v) is 10.2. The molecular weight excluding hydrogens is 344 g/mol. The second-order valence-corrected chi connectivity index (χ2v) is 9.65. The number of carbonyl (C=O) groups excluding carboxylic acids is 1. The molecule has 1 aliphatic carbocycles. The molecule has 0 bridgehead atoms. The molecule has 1 saturated heterocycles. The third-order valence-corrected chi connectivity index (χ3v) is 7.99. The Kier molecular flexibility index (Phi) is 4.77. The Morgan fingerprint density at radius 1 is 1.14 bits per heavy atom. The molecule has 0 unspecified atom stereocenters. The third kappa shape index (κ3) is 3.18. The molecule has 22 heavy (non-hydrogen) atoms. The van der Waals surface area contributed by atoms with Crippen molar-refractivity contribution in [1.29, 1.82) is 0 Å². The molecule has 2 heterocycles. The maximum Gasteiger partial charge on any atom is 0.252 e. The van der Waals surface area contributed by atoms with Gasteiger partial charge in [0, 0.05) is 32.1 Å². The lowest BCUT2D eigenvalue weighted by molar-refractivity contribution is -0.136. The van der Waals surface area contributed by atoms with Crippen LogP contribution in [0.1, 0.15) is 25.7 Å². The van der Waals surface area contributed by atoms with Gasteiger partial charge in [0.25, 0.3) is 10.0 Å². The van der Waals surface area contributed by atoms with Crippen molar-refractivity contribution in [3.8, 4) is 0 Å². The van der Waals surface area contributed by atoms with Gasteiger partial charge in [0.2, 0.25) is 5.91 Å². The highest BCUT2D eigenvalue weighted by atomic mass is 35.5. The lowest BCUT2D eigenvalue weighted by atomic mass is 10.1. The molecule has 3 rings (SSSR count). The molecule has 0 atom stereocenters. The van der Waals surface area contributed by atoms with Crippen molar-refractivity contribution < 1.29 is 13.2 Å². The van der Waals surface area contributed by atoms with Crippen molar-refractivity contribution in [3.05, 3.63) is 16.5 Å². The summed E-state index contributed by atoms with van der Waals surface area (Å²) in [5.41, 5.74) is 0. The molecule has 0 N–H and O–H groups in total. The van der Waals surface area contributed by atoms with Crippen LogP contribution < -0.4 is 0 Å². The van der Waals surface area contributed by atoms with Crippen LogP contribution in [-0.2, 0) is 14.8 Å². The predicted molar refractivity (Wildman–Crippen MR) is 86.6 cm³/mol. The van der Waals surface area contributed by atoms with Crippen LogP contribution >= 0.6 is 22.9 Å². The van der Waals surface area contributed by atoms with Crippen LogP contribution in [0.3, 0.4) is 0 Å². The number of piperazine rings is 1. The topological polar surface area (TPSA) is 57.7 Å². The number of carbonyl (C=O) groups is 1. The van der Waals surface area contributed by atoms with Crippen LogP contribution in [0.25, 0.3) is 0 Å². The van der Waals surface area contributed by atoms with Crippen LogP contribution in [0.2, 0.25) is 4.34 Å². The fourth-order valence-electron chi connectivity index (χ4n) is 3.14. The average molecular weight is 363 g/mol. The Balaban J connectivity index is 1.63. The minimum absolute atomic E-state index is 0.152. The second-order valence-electron chi connectivity index (χ2n) is 5.77. The molecule has 122 valence electrons. The van der Waals surface area contributed by atoms with Crippen molar-refractivity contribution in [2.24, 2.45) is 5.92 Å². The van der Waals surface area contributed by atoms with Crippen LogP contribution in [0, 0.1) is 5.92 Å². The summed E-state index contributed by atoms with van der Waals surface area (Å²) in [6, 6.07) is 3.14. The molecule has 2 aliphatic rings. The molecule has 1 amide bonds. The Labute approximate surface area is 139 Å². The Morgan fingerprint density at radius 3 is 2.32 bits per heavy atom. The zero-order valence-corrected chi connectivity index (χ0v) is 14.6. The standard InChI is InChI=1S/C14H19ClN2O3S2/c15-12-5-6-13(21-12)22(19,20)17-9-7-16(8-10-17)14(18)11-3-1-2-4-11/h5-6,11H,1-4,7-10H2. The normalized spacial score (nSPS) is 21.4. The molecule has 1 aliphatic heterocycles. The average Bonchev–Trinajstić information content (AvgIpc) is 3.18. The maximum absolute atomic E-state index is 12.5. The molecule has 0 aromatic carbocycles. The van der Waals surface area contributed by atoms with E-state index in [1.807, 2.05) is 4.90 Å². The minimum Gasteiger partial charge on any atom is -0.340 e. The number of halogens is 1. The number of hydrogen-bond donors (Lipinski definition) is 0. The van der Waals surface area contributed by atoms with Crippen molar-refractivity contribution in [2.45, 2.75) is 29.9 Å². The van der Waals surface area contributed by atoms with Crippen LogP contribution in [0.5, 0.6) is 0 Å². The van der Waals surface area contributed by atoms with E-state index in [4.69, 9.17) is 11.6 Å². The van der Waals surface area contributed by atoms with E-state index >= 15 is 0 Å². The zero-order valence-electron chi connectivity index (χ0n) is 12.2. The highest BCUT2D eigenvalue weighted by Gasteiger charge is 2.33. The first-order chi connectivity index (χ1) is 10.5. The quantitative estimate of drug-likeness (QED) is 0.829. The SMILES string of the molecule is O=C(C1CCCC1)N1CCN(S(=O)(=O)c2ccc(Cl)s2)CC1. The van der Waals surface area contributed by atoms with Gasteiger partial charge in [-0.25, -0.2) is 8.42 Å². The van der Waals surface area contributed by atoms with E-state index in [1.165, 1.54) is 4.31 Å². The van der Waals surface area contributed by atoms with Gasteiger partial charge in [-0.3, -0.25) is 4.79 Å². The van der Waals surface area contributed by atoms with Gasteiger partial charge < -0.3 is 4.90 Å².